The molecule has 0 saturated heterocycles. The van der Waals surface area contributed by atoms with Gasteiger partial charge >= 0.3 is 12.2 Å². The summed E-state index contributed by atoms with van der Waals surface area (Å²) in [5.74, 6) is -0.351. The van der Waals surface area contributed by atoms with Crippen molar-refractivity contribution in [2.75, 3.05) is 11.9 Å². The number of anilines is 1. The van der Waals surface area contributed by atoms with Gasteiger partial charge in [-0.2, -0.15) is 13.2 Å². The molecule has 1 aliphatic rings. The topological polar surface area (TPSA) is 48.1 Å². The van der Waals surface area contributed by atoms with Crippen molar-refractivity contribution in [2.24, 2.45) is 0 Å². The molecule has 3 aromatic rings. The van der Waals surface area contributed by atoms with Gasteiger partial charge in [0.25, 0.3) is 0 Å². The van der Waals surface area contributed by atoms with Gasteiger partial charge in [-0.15, -0.1) is 0 Å². The van der Waals surface area contributed by atoms with E-state index in [1.807, 2.05) is 0 Å². The molecule has 0 spiro atoms. The first-order valence-corrected chi connectivity index (χ1v) is 8.33. The van der Waals surface area contributed by atoms with Crippen LogP contribution in [-0.4, -0.2) is 22.5 Å². The molecular formula is C19H15F4N3O. The lowest BCUT2D eigenvalue weighted by molar-refractivity contribution is -0.137. The van der Waals surface area contributed by atoms with Gasteiger partial charge in [-0.05, 0) is 42.5 Å². The van der Waals surface area contributed by atoms with E-state index in [-0.39, 0.29) is 11.5 Å². The Morgan fingerprint density at radius 2 is 1.85 bits per heavy atom. The Kier molecular flexibility index (Phi) is 4.05. The summed E-state index contributed by atoms with van der Waals surface area (Å²) in [5, 5.41) is 3.34. The molecule has 4 rings (SSSR count). The van der Waals surface area contributed by atoms with Crippen molar-refractivity contribution in [3.05, 3.63) is 65.1 Å². The largest absolute Gasteiger partial charge is 0.416 e. The van der Waals surface area contributed by atoms with Crippen LogP contribution in [0, 0.1) is 5.82 Å². The zero-order chi connectivity index (χ0) is 19.2. The third kappa shape index (κ3) is 3.34. The molecule has 2 heterocycles. The van der Waals surface area contributed by atoms with E-state index in [4.69, 9.17) is 0 Å². The Morgan fingerprint density at radius 3 is 2.56 bits per heavy atom. The van der Waals surface area contributed by atoms with Gasteiger partial charge in [0.2, 0.25) is 0 Å². The van der Waals surface area contributed by atoms with E-state index >= 15 is 0 Å². The lowest BCUT2D eigenvalue weighted by Crippen LogP contribution is -2.38. The first kappa shape index (κ1) is 17.4. The summed E-state index contributed by atoms with van der Waals surface area (Å²) in [6.45, 7) is 0.750. The summed E-state index contributed by atoms with van der Waals surface area (Å²) in [6.07, 6.45) is -3.83. The maximum atomic E-state index is 13.6. The summed E-state index contributed by atoms with van der Waals surface area (Å²) >= 11 is 0. The average Bonchev–Trinajstić information content (AvgIpc) is 2.98. The molecule has 0 radical (unpaired) electrons. The van der Waals surface area contributed by atoms with Crippen molar-refractivity contribution in [2.45, 2.75) is 19.1 Å². The number of carbonyl (C=O) groups is 1. The number of rotatable bonds is 1. The lowest BCUT2D eigenvalue weighted by Gasteiger charge is -2.27. The number of nitrogens with zero attached hydrogens (tertiary/aromatic N) is 1. The number of alkyl halides is 3. The minimum absolute atomic E-state index is 0.281. The highest BCUT2D eigenvalue weighted by molar-refractivity contribution is 5.91. The van der Waals surface area contributed by atoms with Crippen molar-refractivity contribution in [3.63, 3.8) is 0 Å². The Bertz CT molecular complexity index is 1010. The summed E-state index contributed by atoms with van der Waals surface area (Å²) in [7, 11) is 0. The average molecular weight is 377 g/mol. The normalized spacial score (nSPS) is 14.3. The number of nitrogens with one attached hydrogen (secondary N) is 2. The Balaban J connectivity index is 1.51. The van der Waals surface area contributed by atoms with Crippen LogP contribution >= 0.6 is 0 Å². The highest BCUT2D eigenvalue weighted by Crippen LogP contribution is 2.31. The standard InChI is InChI=1S/C19H15F4N3O/c20-12-3-6-16-14(9-12)15-10-26(8-7-17(15)25-16)18(27)24-13-4-1-11(2-5-13)19(21,22)23/h1-6,9,25H,7-8,10H2,(H,24,27). The number of amides is 2. The van der Waals surface area contributed by atoms with Gasteiger partial charge in [0.05, 0.1) is 5.56 Å². The van der Waals surface area contributed by atoms with Gasteiger partial charge < -0.3 is 15.2 Å². The summed E-state index contributed by atoms with van der Waals surface area (Å²) in [6, 6.07) is 8.34. The molecule has 27 heavy (non-hydrogen) atoms. The Hall–Kier alpha value is -3.03. The number of carbonyl (C=O) groups excluding carboxylic acids is 1. The molecule has 1 aromatic heterocycles. The van der Waals surface area contributed by atoms with Crippen molar-refractivity contribution < 1.29 is 22.4 Å². The molecule has 2 aromatic carbocycles. The Labute approximate surface area is 151 Å². The summed E-state index contributed by atoms with van der Waals surface area (Å²) < 4.78 is 51.4. The second kappa shape index (κ2) is 6.29. The minimum Gasteiger partial charge on any atom is -0.358 e. The van der Waals surface area contributed by atoms with Crippen LogP contribution in [0.3, 0.4) is 0 Å². The molecule has 0 fully saturated rings. The number of hydrogen-bond donors (Lipinski definition) is 2. The molecule has 0 unspecified atom stereocenters. The predicted octanol–water partition coefficient (Wildman–Crippen LogP) is 4.92. The molecule has 0 bridgehead atoms. The smallest absolute Gasteiger partial charge is 0.358 e. The number of urea groups is 1. The number of fused-ring (bicyclic) bond motifs is 3. The monoisotopic (exact) mass is 377 g/mol. The highest BCUT2D eigenvalue weighted by Gasteiger charge is 2.30. The van der Waals surface area contributed by atoms with Crippen LogP contribution in [0.15, 0.2) is 42.5 Å². The molecule has 140 valence electrons. The fourth-order valence-electron chi connectivity index (χ4n) is 3.30. The molecule has 0 saturated carbocycles. The Morgan fingerprint density at radius 1 is 1.11 bits per heavy atom. The molecule has 0 aliphatic carbocycles. The third-order valence-electron chi connectivity index (χ3n) is 4.69. The maximum absolute atomic E-state index is 13.6. The van der Waals surface area contributed by atoms with Crippen LogP contribution in [0.25, 0.3) is 10.9 Å². The number of hydrogen-bond acceptors (Lipinski definition) is 1. The van der Waals surface area contributed by atoms with E-state index < -0.39 is 17.8 Å². The van der Waals surface area contributed by atoms with Gasteiger partial charge in [0, 0.05) is 47.4 Å². The highest BCUT2D eigenvalue weighted by atomic mass is 19.4. The maximum Gasteiger partial charge on any atom is 0.416 e. The number of halogens is 4. The summed E-state index contributed by atoms with van der Waals surface area (Å²) in [5.41, 5.74) is 2.14. The van der Waals surface area contributed by atoms with Gasteiger partial charge in [0.1, 0.15) is 5.82 Å². The number of aromatic nitrogens is 1. The van der Waals surface area contributed by atoms with Crippen molar-refractivity contribution >= 4 is 22.6 Å². The molecule has 2 amide bonds. The molecule has 2 N–H and O–H groups in total. The second-order valence-corrected chi connectivity index (χ2v) is 6.45. The van der Waals surface area contributed by atoms with Crippen LogP contribution in [0.1, 0.15) is 16.8 Å². The van der Waals surface area contributed by atoms with Crippen LogP contribution in [-0.2, 0) is 19.1 Å². The van der Waals surface area contributed by atoms with Crippen molar-refractivity contribution in [3.8, 4) is 0 Å². The quantitative estimate of drug-likeness (QED) is 0.582. The van der Waals surface area contributed by atoms with E-state index in [0.29, 0.717) is 19.5 Å². The van der Waals surface area contributed by atoms with E-state index in [1.165, 1.54) is 24.3 Å². The van der Waals surface area contributed by atoms with Crippen LogP contribution in [0.2, 0.25) is 0 Å². The molecule has 0 atom stereocenters. The number of benzene rings is 2. The van der Waals surface area contributed by atoms with Crippen molar-refractivity contribution in [1.29, 1.82) is 0 Å². The van der Waals surface area contributed by atoms with E-state index in [0.717, 1.165) is 34.3 Å². The lowest BCUT2D eigenvalue weighted by atomic mass is 10.0. The molecular weight excluding hydrogens is 362 g/mol. The van der Waals surface area contributed by atoms with E-state index in [9.17, 15) is 22.4 Å². The van der Waals surface area contributed by atoms with Gasteiger partial charge in [-0.3, -0.25) is 0 Å². The van der Waals surface area contributed by atoms with Crippen LogP contribution < -0.4 is 5.32 Å². The van der Waals surface area contributed by atoms with Crippen LogP contribution in [0.5, 0.6) is 0 Å². The molecule has 8 heteroatoms. The predicted molar refractivity (Wildman–Crippen MR) is 92.8 cm³/mol. The number of H-pyrrole nitrogens is 1. The summed E-state index contributed by atoms with van der Waals surface area (Å²) in [4.78, 5) is 17.3. The SMILES string of the molecule is O=C(Nc1ccc(C(F)(F)F)cc1)N1CCc2[nH]c3ccc(F)cc3c2C1. The van der Waals surface area contributed by atoms with Gasteiger partial charge in [-0.1, -0.05) is 0 Å². The van der Waals surface area contributed by atoms with Crippen molar-refractivity contribution in [1.82, 2.24) is 9.88 Å². The molecule has 1 aliphatic heterocycles. The first-order valence-electron chi connectivity index (χ1n) is 8.33. The first-order chi connectivity index (χ1) is 12.8. The second-order valence-electron chi connectivity index (χ2n) is 6.45. The van der Waals surface area contributed by atoms with Gasteiger partial charge in [-0.25, -0.2) is 9.18 Å². The molecule has 4 nitrogen and oxygen atoms in total. The van der Waals surface area contributed by atoms with E-state index in [2.05, 4.69) is 10.3 Å². The zero-order valence-electron chi connectivity index (χ0n) is 14.0. The van der Waals surface area contributed by atoms with E-state index in [1.54, 1.807) is 11.0 Å². The fourth-order valence-corrected chi connectivity index (χ4v) is 3.30. The zero-order valence-corrected chi connectivity index (χ0v) is 14.0. The third-order valence-corrected chi connectivity index (χ3v) is 4.69. The van der Waals surface area contributed by atoms with Crippen LogP contribution in [0.4, 0.5) is 28.0 Å². The van der Waals surface area contributed by atoms with Gasteiger partial charge in [0.15, 0.2) is 0 Å². The number of aromatic amines is 1. The minimum atomic E-state index is -4.42. The fraction of sp³-hybridized carbons (Fsp3) is 0.211.